The minimum Gasteiger partial charge on any atom is -0.461 e. The van der Waals surface area contributed by atoms with Gasteiger partial charge in [0.2, 0.25) is 11.7 Å². The highest BCUT2D eigenvalue weighted by Crippen LogP contribution is 2.26. The average molecular weight is 417 g/mol. The first-order chi connectivity index (χ1) is 13.9. The fourth-order valence-electron chi connectivity index (χ4n) is 2.70. The van der Waals surface area contributed by atoms with E-state index in [9.17, 15) is 17.2 Å². The van der Waals surface area contributed by atoms with Gasteiger partial charge in [0.1, 0.15) is 11.6 Å². The summed E-state index contributed by atoms with van der Waals surface area (Å²) in [4.78, 5) is 3.15. The molecule has 0 aliphatic carbocycles. The number of sulfonamides is 1. The van der Waals surface area contributed by atoms with Gasteiger partial charge < -0.3 is 8.94 Å². The highest BCUT2D eigenvalue weighted by atomic mass is 32.2. The summed E-state index contributed by atoms with van der Waals surface area (Å²) < 4.78 is 65.6. The number of benzene rings is 2. The zero-order valence-electron chi connectivity index (χ0n) is 14.7. The molecule has 0 saturated carbocycles. The number of anilines is 1. The predicted octanol–water partition coefficient (Wildman–Crippen LogP) is 4.00. The van der Waals surface area contributed by atoms with E-state index in [4.69, 9.17) is 8.94 Å². The topological polar surface area (TPSA) is 98.2 Å². The van der Waals surface area contributed by atoms with Gasteiger partial charge in [-0.3, -0.25) is 4.72 Å². The van der Waals surface area contributed by atoms with E-state index in [1.807, 2.05) is 0 Å². The average Bonchev–Trinajstić information content (AvgIpc) is 3.34. The molecule has 0 radical (unpaired) electrons. The largest absolute Gasteiger partial charge is 0.461 e. The summed E-state index contributed by atoms with van der Waals surface area (Å²) in [6, 6.07) is 12.5. The molecule has 148 valence electrons. The molecule has 2 aromatic carbocycles. The maximum atomic E-state index is 13.9. The van der Waals surface area contributed by atoms with Crippen molar-refractivity contribution in [2.75, 3.05) is 4.72 Å². The maximum absolute atomic E-state index is 13.9. The van der Waals surface area contributed by atoms with Gasteiger partial charge in [-0.05, 0) is 35.9 Å². The van der Waals surface area contributed by atoms with Crippen molar-refractivity contribution in [2.45, 2.75) is 11.3 Å². The molecular formula is C19H13F2N3O4S. The molecule has 1 N–H and O–H groups in total. The van der Waals surface area contributed by atoms with E-state index in [2.05, 4.69) is 14.9 Å². The van der Waals surface area contributed by atoms with Crippen LogP contribution in [0.3, 0.4) is 0 Å². The van der Waals surface area contributed by atoms with Gasteiger partial charge in [-0.25, -0.2) is 17.2 Å². The lowest BCUT2D eigenvalue weighted by Crippen LogP contribution is -2.17. The van der Waals surface area contributed by atoms with Crippen LogP contribution in [-0.4, -0.2) is 18.6 Å². The van der Waals surface area contributed by atoms with Crippen LogP contribution in [0.25, 0.3) is 11.6 Å². The molecular weight excluding hydrogens is 404 g/mol. The van der Waals surface area contributed by atoms with Crippen LogP contribution in [0, 0.1) is 11.6 Å². The monoisotopic (exact) mass is 417 g/mol. The SMILES string of the molecule is O=S(=O)(Nc1ccccc1Cc1nc(-c2ccco2)no1)c1c(F)cccc1F. The summed E-state index contributed by atoms with van der Waals surface area (Å²) in [6.45, 7) is 0. The summed E-state index contributed by atoms with van der Waals surface area (Å²) in [5.74, 6) is -1.49. The molecule has 0 fully saturated rings. The Bertz CT molecular complexity index is 1230. The van der Waals surface area contributed by atoms with Gasteiger partial charge in [0.05, 0.1) is 18.4 Å². The molecule has 0 saturated heterocycles. The number of aromatic nitrogens is 2. The van der Waals surface area contributed by atoms with E-state index < -0.39 is 26.6 Å². The Hall–Kier alpha value is -3.53. The zero-order chi connectivity index (χ0) is 20.4. The molecule has 0 spiro atoms. The first-order valence-corrected chi connectivity index (χ1v) is 9.83. The van der Waals surface area contributed by atoms with Gasteiger partial charge in [0, 0.05) is 0 Å². The van der Waals surface area contributed by atoms with Gasteiger partial charge in [0.15, 0.2) is 10.7 Å². The lowest BCUT2D eigenvalue weighted by Gasteiger charge is -2.12. The third-order valence-electron chi connectivity index (χ3n) is 4.00. The van der Waals surface area contributed by atoms with Crippen molar-refractivity contribution in [1.29, 1.82) is 0 Å². The smallest absolute Gasteiger partial charge is 0.267 e. The molecule has 2 heterocycles. The Labute approximate surface area is 164 Å². The summed E-state index contributed by atoms with van der Waals surface area (Å²) in [7, 11) is -4.50. The Kier molecular flexibility index (Phi) is 4.85. The van der Waals surface area contributed by atoms with Gasteiger partial charge in [0.25, 0.3) is 10.0 Å². The molecule has 29 heavy (non-hydrogen) atoms. The van der Waals surface area contributed by atoms with Crippen LogP contribution in [0.2, 0.25) is 0 Å². The van der Waals surface area contributed by atoms with Crippen LogP contribution < -0.4 is 4.72 Å². The molecule has 0 aliphatic rings. The minimum atomic E-state index is -4.50. The molecule has 0 unspecified atom stereocenters. The van der Waals surface area contributed by atoms with E-state index >= 15 is 0 Å². The first kappa shape index (κ1) is 18.8. The number of hydrogen-bond donors (Lipinski definition) is 1. The third kappa shape index (κ3) is 3.87. The van der Waals surface area contributed by atoms with E-state index in [0.29, 0.717) is 11.3 Å². The summed E-state index contributed by atoms with van der Waals surface area (Å²) >= 11 is 0. The molecule has 0 atom stereocenters. The van der Waals surface area contributed by atoms with Crippen LogP contribution in [0.15, 0.2) is 74.7 Å². The summed E-state index contributed by atoms with van der Waals surface area (Å²) in [6.07, 6.45) is 1.56. The van der Waals surface area contributed by atoms with Crippen molar-refractivity contribution in [3.8, 4) is 11.6 Å². The molecule has 4 rings (SSSR count). The molecule has 4 aromatic rings. The van der Waals surface area contributed by atoms with E-state index in [1.54, 1.807) is 30.3 Å². The number of furan rings is 1. The number of para-hydroxylation sites is 1. The van der Waals surface area contributed by atoms with E-state index in [1.165, 1.54) is 12.3 Å². The van der Waals surface area contributed by atoms with Crippen LogP contribution >= 0.6 is 0 Å². The number of hydrogen-bond acceptors (Lipinski definition) is 6. The lowest BCUT2D eigenvalue weighted by atomic mass is 10.1. The van der Waals surface area contributed by atoms with Crippen molar-refractivity contribution in [1.82, 2.24) is 10.1 Å². The van der Waals surface area contributed by atoms with Crippen LogP contribution in [0.1, 0.15) is 11.5 Å². The number of nitrogens with zero attached hydrogens (tertiary/aromatic N) is 2. The number of nitrogens with one attached hydrogen (secondary N) is 1. The number of halogens is 2. The number of rotatable bonds is 6. The lowest BCUT2D eigenvalue weighted by molar-refractivity contribution is 0.384. The van der Waals surface area contributed by atoms with Gasteiger partial charge in [-0.2, -0.15) is 4.98 Å². The van der Waals surface area contributed by atoms with Gasteiger partial charge in [-0.15, -0.1) is 0 Å². The van der Waals surface area contributed by atoms with Crippen LogP contribution in [-0.2, 0) is 16.4 Å². The van der Waals surface area contributed by atoms with Gasteiger partial charge >= 0.3 is 0 Å². The fourth-order valence-corrected chi connectivity index (χ4v) is 3.94. The quantitative estimate of drug-likeness (QED) is 0.509. The second-order valence-corrected chi connectivity index (χ2v) is 7.60. The summed E-state index contributed by atoms with van der Waals surface area (Å²) in [5.41, 5.74) is 0.607. The Morgan fingerprint density at radius 2 is 1.72 bits per heavy atom. The first-order valence-electron chi connectivity index (χ1n) is 8.35. The molecule has 0 amide bonds. The van der Waals surface area contributed by atoms with Crippen molar-refractivity contribution in [3.63, 3.8) is 0 Å². The third-order valence-corrected chi connectivity index (χ3v) is 5.42. The molecule has 0 bridgehead atoms. The van der Waals surface area contributed by atoms with Crippen LogP contribution in [0.5, 0.6) is 0 Å². The van der Waals surface area contributed by atoms with Crippen molar-refractivity contribution in [2.24, 2.45) is 0 Å². The van der Waals surface area contributed by atoms with E-state index in [-0.39, 0.29) is 23.8 Å². The van der Waals surface area contributed by atoms with Gasteiger partial charge in [-0.1, -0.05) is 29.4 Å². The maximum Gasteiger partial charge on any atom is 0.267 e. The van der Waals surface area contributed by atoms with Crippen molar-refractivity contribution >= 4 is 15.7 Å². The normalized spacial score (nSPS) is 11.5. The predicted molar refractivity (Wildman–Crippen MR) is 98.4 cm³/mol. The fraction of sp³-hybridized carbons (Fsp3) is 0.0526. The van der Waals surface area contributed by atoms with Crippen molar-refractivity contribution < 1.29 is 26.1 Å². The highest BCUT2D eigenvalue weighted by Gasteiger charge is 2.25. The minimum absolute atomic E-state index is 0.0894. The molecule has 0 aliphatic heterocycles. The van der Waals surface area contributed by atoms with Crippen molar-refractivity contribution in [3.05, 3.63) is 83.9 Å². The highest BCUT2D eigenvalue weighted by molar-refractivity contribution is 7.92. The summed E-state index contributed by atoms with van der Waals surface area (Å²) in [5, 5.41) is 3.81. The molecule has 7 nitrogen and oxygen atoms in total. The Balaban J connectivity index is 1.62. The Morgan fingerprint density at radius 1 is 0.966 bits per heavy atom. The standard InChI is InChI=1S/C19H13F2N3O4S/c20-13-6-3-7-14(21)18(13)29(25,26)24-15-8-2-1-5-12(15)11-17-22-19(23-28-17)16-9-4-10-27-16/h1-10,24H,11H2. The molecule has 2 aromatic heterocycles. The van der Waals surface area contributed by atoms with E-state index in [0.717, 1.165) is 18.2 Å². The second-order valence-electron chi connectivity index (χ2n) is 5.98. The molecule has 10 heteroatoms. The van der Waals surface area contributed by atoms with Crippen LogP contribution in [0.4, 0.5) is 14.5 Å². The second kappa shape index (κ2) is 7.47. The Morgan fingerprint density at radius 3 is 2.45 bits per heavy atom. The zero-order valence-corrected chi connectivity index (χ0v) is 15.5.